The van der Waals surface area contributed by atoms with E-state index >= 15 is 0 Å². The van der Waals surface area contributed by atoms with Crippen LogP contribution in [0.25, 0.3) is 10.9 Å². The highest BCUT2D eigenvalue weighted by molar-refractivity contribution is 5.96. The topological polar surface area (TPSA) is 44.1 Å². The maximum atomic E-state index is 12.5. The lowest BCUT2D eigenvalue weighted by molar-refractivity contribution is -0.274. The number of carbonyl (C=O) groups excluding carboxylic acids is 1. The predicted octanol–water partition coefficient (Wildman–Crippen LogP) is 3.80. The number of nitrogens with zero attached hydrogens (tertiary/aromatic N) is 2. The lowest BCUT2D eigenvalue weighted by Crippen LogP contribution is -2.18. The first kappa shape index (κ1) is 15.1. The highest BCUT2D eigenvalue weighted by atomic mass is 19.4. The van der Waals surface area contributed by atoms with Crippen molar-refractivity contribution in [3.05, 3.63) is 59.8 Å². The van der Waals surface area contributed by atoms with Gasteiger partial charge in [0.1, 0.15) is 5.75 Å². The van der Waals surface area contributed by atoms with Gasteiger partial charge in [-0.15, -0.1) is 13.2 Å². The standard InChI is InChI=1S/C16H11F3N2O2/c17-16(18,19)23-15-7-2-1-4-11(15)9-21-14-6-3-5-12(10-22)13(14)8-20-21/h1-8,10H,9H2. The van der Waals surface area contributed by atoms with Crippen LogP contribution in [0.2, 0.25) is 0 Å². The van der Waals surface area contributed by atoms with Crippen molar-refractivity contribution >= 4 is 17.2 Å². The van der Waals surface area contributed by atoms with Crippen LogP contribution in [0.15, 0.2) is 48.7 Å². The first-order chi connectivity index (χ1) is 11.0. The Hall–Kier alpha value is -2.83. The summed E-state index contributed by atoms with van der Waals surface area (Å²) in [6.45, 7) is 0.0953. The van der Waals surface area contributed by atoms with Crippen LogP contribution in [-0.4, -0.2) is 22.4 Å². The van der Waals surface area contributed by atoms with Gasteiger partial charge in [0, 0.05) is 16.5 Å². The molecule has 0 fully saturated rings. The fourth-order valence-electron chi connectivity index (χ4n) is 2.37. The van der Waals surface area contributed by atoms with E-state index < -0.39 is 6.36 Å². The summed E-state index contributed by atoms with van der Waals surface area (Å²) in [5.74, 6) is -0.268. The molecule has 0 aliphatic carbocycles. The van der Waals surface area contributed by atoms with Crippen molar-refractivity contribution in [2.75, 3.05) is 0 Å². The van der Waals surface area contributed by atoms with Gasteiger partial charge in [0.25, 0.3) is 0 Å². The van der Waals surface area contributed by atoms with Gasteiger partial charge < -0.3 is 4.74 Å². The van der Waals surface area contributed by atoms with Crippen LogP contribution < -0.4 is 4.74 Å². The number of aldehydes is 1. The predicted molar refractivity (Wildman–Crippen MR) is 77.3 cm³/mol. The molecule has 0 saturated carbocycles. The fourth-order valence-corrected chi connectivity index (χ4v) is 2.37. The number of ether oxygens (including phenoxy) is 1. The van der Waals surface area contributed by atoms with Gasteiger partial charge in [-0.3, -0.25) is 9.48 Å². The van der Waals surface area contributed by atoms with Crippen molar-refractivity contribution in [3.8, 4) is 5.75 Å². The van der Waals surface area contributed by atoms with E-state index in [9.17, 15) is 18.0 Å². The Morgan fingerprint density at radius 3 is 2.65 bits per heavy atom. The van der Waals surface area contributed by atoms with E-state index in [0.717, 1.165) is 6.29 Å². The number of hydrogen-bond donors (Lipinski definition) is 0. The maximum Gasteiger partial charge on any atom is 0.573 e. The normalized spacial score (nSPS) is 11.6. The molecule has 4 nitrogen and oxygen atoms in total. The summed E-state index contributed by atoms with van der Waals surface area (Å²) < 4.78 is 43.0. The maximum absolute atomic E-state index is 12.5. The number of halogens is 3. The fraction of sp³-hybridized carbons (Fsp3) is 0.125. The van der Waals surface area contributed by atoms with E-state index in [1.807, 2.05) is 0 Å². The molecule has 0 N–H and O–H groups in total. The second-order valence-corrected chi connectivity index (χ2v) is 4.86. The van der Waals surface area contributed by atoms with E-state index in [4.69, 9.17) is 0 Å². The molecule has 3 rings (SSSR count). The van der Waals surface area contributed by atoms with Crippen molar-refractivity contribution in [2.45, 2.75) is 12.9 Å². The highest BCUT2D eigenvalue weighted by Crippen LogP contribution is 2.27. The number of alkyl halides is 3. The molecule has 0 bridgehead atoms. The lowest BCUT2D eigenvalue weighted by atomic mass is 10.1. The Balaban J connectivity index is 1.99. The average Bonchev–Trinajstić information content (AvgIpc) is 2.91. The molecule has 23 heavy (non-hydrogen) atoms. The smallest absolute Gasteiger partial charge is 0.405 e. The Morgan fingerprint density at radius 1 is 1.13 bits per heavy atom. The van der Waals surface area contributed by atoms with Crippen molar-refractivity contribution in [1.29, 1.82) is 0 Å². The van der Waals surface area contributed by atoms with Crippen molar-refractivity contribution in [3.63, 3.8) is 0 Å². The van der Waals surface area contributed by atoms with E-state index in [-0.39, 0.29) is 12.3 Å². The molecule has 0 amide bonds. The van der Waals surface area contributed by atoms with E-state index in [1.165, 1.54) is 29.1 Å². The number of aromatic nitrogens is 2. The number of fused-ring (bicyclic) bond motifs is 1. The highest BCUT2D eigenvalue weighted by Gasteiger charge is 2.32. The molecular formula is C16H11F3N2O2. The summed E-state index contributed by atoms with van der Waals surface area (Å²) >= 11 is 0. The van der Waals surface area contributed by atoms with Gasteiger partial charge in [0.05, 0.1) is 18.3 Å². The zero-order valence-electron chi connectivity index (χ0n) is 11.7. The third-order valence-corrected chi connectivity index (χ3v) is 3.37. The minimum absolute atomic E-state index is 0.0953. The molecule has 0 aliphatic rings. The SMILES string of the molecule is O=Cc1cccc2c1cnn2Cc1ccccc1OC(F)(F)F. The molecule has 0 spiro atoms. The zero-order valence-corrected chi connectivity index (χ0v) is 11.7. The second-order valence-electron chi connectivity index (χ2n) is 4.86. The number of benzene rings is 2. The minimum Gasteiger partial charge on any atom is -0.405 e. The Bertz CT molecular complexity index is 856. The second kappa shape index (κ2) is 5.75. The molecule has 3 aromatic rings. The monoisotopic (exact) mass is 320 g/mol. The Kier molecular flexibility index (Phi) is 3.77. The quantitative estimate of drug-likeness (QED) is 0.687. The van der Waals surface area contributed by atoms with Gasteiger partial charge in [-0.05, 0) is 12.1 Å². The summed E-state index contributed by atoms with van der Waals surface area (Å²) in [7, 11) is 0. The molecule has 0 aliphatic heterocycles. The van der Waals surface area contributed by atoms with Crippen LogP contribution in [0.5, 0.6) is 5.75 Å². The van der Waals surface area contributed by atoms with Crippen LogP contribution in [0.1, 0.15) is 15.9 Å². The lowest BCUT2D eigenvalue weighted by Gasteiger charge is -2.13. The van der Waals surface area contributed by atoms with Gasteiger partial charge in [0.2, 0.25) is 0 Å². The minimum atomic E-state index is -4.76. The van der Waals surface area contributed by atoms with Crippen molar-refractivity contribution in [1.82, 2.24) is 9.78 Å². The summed E-state index contributed by atoms with van der Waals surface area (Å²) in [4.78, 5) is 11.0. The van der Waals surface area contributed by atoms with Gasteiger partial charge >= 0.3 is 6.36 Å². The summed E-state index contributed by atoms with van der Waals surface area (Å²) in [6.07, 6.45) is -2.52. The van der Waals surface area contributed by atoms with Gasteiger partial charge in [-0.1, -0.05) is 30.3 Å². The van der Waals surface area contributed by atoms with Crippen LogP contribution in [0.3, 0.4) is 0 Å². The number of carbonyl (C=O) groups is 1. The molecule has 0 atom stereocenters. The third-order valence-electron chi connectivity index (χ3n) is 3.37. The third kappa shape index (κ3) is 3.18. The number of rotatable bonds is 4. The average molecular weight is 320 g/mol. The molecule has 7 heteroatoms. The molecule has 0 unspecified atom stereocenters. The summed E-state index contributed by atoms with van der Waals surface area (Å²) in [5, 5.41) is 4.81. The van der Waals surface area contributed by atoms with Crippen molar-refractivity contribution in [2.24, 2.45) is 0 Å². The van der Waals surface area contributed by atoms with Crippen LogP contribution in [0, 0.1) is 0 Å². The molecule has 1 aromatic heterocycles. The van der Waals surface area contributed by atoms with Crippen LogP contribution in [-0.2, 0) is 6.54 Å². The van der Waals surface area contributed by atoms with E-state index in [2.05, 4.69) is 9.84 Å². The molecule has 0 radical (unpaired) electrons. The summed E-state index contributed by atoms with van der Waals surface area (Å²) in [6, 6.07) is 11.0. The number of hydrogen-bond acceptors (Lipinski definition) is 3. The molecular weight excluding hydrogens is 309 g/mol. The largest absolute Gasteiger partial charge is 0.573 e. The first-order valence-corrected chi connectivity index (χ1v) is 6.71. The van der Waals surface area contributed by atoms with Gasteiger partial charge in [-0.25, -0.2) is 0 Å². The zero-order chi connectivity index (χ0) is 16.4. The molecule has 118 valence electrons. The van der Waals surface area contributed by atoms with Crippen LogP contribution in [0.4, 0.5) is 13.2 Å². The molecule has 0 saturated heterocycles. The van der Waals surface area contributed by atoms with Gasteiger partial charge in [-0.2, -0.15) is 5.10 Å². The number of para-hydroxylation sites is 1. The van der Waals surface area contributed by atoms with E-state index in [0.29, 0.717) is 22.0 Å². The Labute approximate surface area is 129 Å². The van der Waals surface area contributed by atoms with Crippen LogP contribution >= 0.6 is 0 Å². The summed E-state index contributed by atoms with van der Waals surface area (Å²) in [5.41, 5.74) is 1.48. The Morgan fingerprint density at radius 2 is 1.91 bits per heavy atom. The first-order valence-electron chi connectivity index (χ1n) is 6.71. The molecule has 1 heterocycles. The van der Waals surface area contributed by atoms with Gasteiger partial charge in [0.15, 0.2) is 6.29 Å². The molecule has 2 aromatic carbocycles. The van der Waals surface area contributed by atoms with Crippen molar-refractivity contribution < 1.29 is 22.7 Å². The van der Waals surface area contributed by atoms with E-state index in [1.54, 1.807) is 24.3 Å².